The molecule has 0 saturated heterocycles. The number of esters is 1. The molecular formula is C15H21NO4. The van der Waals surface area contributed by atoms with Crippen LogP contribution < -0.4 is 5.32 Å². The molecule has 110 valence electrons. The first kappa shape index (κ1) is 16.2. The molecule has 5 nitrogen and oxygen atoms in total. The van der Waals surface area contributed by atoms with Gasteiger partial charge in [-0.15, -0.1) is 0 Å². The van der Waals surface area contributed by atoms with E-state index in [-0.39, 0.29) is 5.97 Å². The fourth-order valence-electron chi connectivity index (χ4n) is 1.72. The molecule has 2 N–H and O–H groups in total. The topological polar surface area (TPSA) is 75.6 Å². The molecule has 1 aromatic rings. The Morgan fingerprint density at radius 1 is 1.30 bits per heavy atom. The number of ether oxygens (including phenoxy) is 1. The highest BCUT2D eigenvalue weighted by atomic mass is 16.5. The molecule has 0 aliphatic rings. The number of hydrogen-bond acceptors (Lipinski definition) is 4. The number of hydrogen-bond donors (Lipinski definition) is 2. The van der Waals surface area contributed by atoms with E-state index < -0.39 is 11.9 Å². The Kier molecular flexibility index (Phi) is 6.73. The monoisotopic (exact) mass is 279 g/mol. The summed E-state index contributed by atoms with van der Waals surface area (Å²) in [6.45, 7) is 5.05. The number of carboxylic acids is 1. The summed E-state index contributed by atoms with van der Waals surface area (Å²) in [7, 11) is 0. The van der Waals surface area contributed by atoms with Crippen LogP contribution in [-0.4, -0.2) is 30.2 Å². The van der Waals surface area contributed by atoms with Crippen molar-refractivity contribution < 1.29 is 19.4 Å². The molecule has 0 saturated carbocycles. The summed E-state index contributed by atoms with van der Waals surface area (Å²) in [6.07, 6.45) is 0.349. The largest absolute Gasteiger partial charge is 0.481 e. The fourth-order valence-corrected chi connectivity index (χ4v) is 1.72. The van der Waals surface area contributed by atoms with Crippen LogP contribution in [0.2, 0.25) is 0 Å². The summed E-state index contributed by atoms with van der Waals surface area (Å²) >= 11 is 0. The van der Waals surface area contributed by atoms with Gasteiger partial charge in [0.1, 0.15) is 0 Å². The highest BCUT2D eigenvalue weighted by Crippen LogP contribution is 2.15. The van der Waals surface area contributed by atoms with Gasteiger partial charge in [0.15, 0.2) is 0 Å². The molecule has 0 bridgehead atoms. The van der Waals surface area contributed by atoms with E-state index in [1.807, 2.05) is 24.3 Å². The van der Waals surface area contributed by atoms with Crippen molar-refractivity contribution in [2.45, 2.75) is 32.7 Å². The third-order valence-corrected chi connectivity index (χ3v) is 2.99. The van der Waals surface area contributed by atoms with Crippen molar-refractivity contribution in [2.75, 3.05) is 13.2 Å². The van der Waals surface area contributed by atoms with E-state index in [9.17, 15) is 9.59 Å². The molecule has 0 amide bonds. The summed E-state index contributed by atoms with van der Waals surface area (Å²) in [5, 5.41) is 12.1. The van der Waals surface area contributed by atoms with E-state index in [0.29, 0.717) is 26.1 Å². The molecule has 0 aromatic heterocycles. The normalized spacial score (nSPS) is 11.9. The number of carboxylic acid groups (broad SMARTS) is 1. The Labute approximate surface area is 118 Å². The van der Waals surface area contributed by atoms with Gasteiger partial charge in [-0.2, -0.15) is 0 Å². The molecule has 20 heavy (non-hydrogen) atoms. The maximum absolute atomic E-state index is 11.1. The number of benzene rings is 1. The van der Waals surface area contributed by atoms with E-state index in [2.05, 4.69) is 5.32 Å². The highest BCUT2D eigenvalue weighted by Gasteiger charge is 2.12. The Bertz CT molecular complexity index is 442. The standard InChI is InChI=1S/C15H21NO4/c1-3-20-14(17)8-9-16-10-12-4-6-13(7-5-12)11(2)15(18)19/h4-7,11,16H,3,8-10H2,1-2H3,(H,18,19). The molecule has 1 rings (SSSR count). The maximum Gasteiger partial charge on any atom is 0.310 e. The van der Waals surface area contributed by atoms with Crippen molar-refractivity contribution in [1.82, 2.24) is 5.32 Å². The van der Waals surface area contributed by atoms with Crippen LogP contribution in [0.25, 0.3) is 0 Å². The van der Waals surface area contributed by atoms with Gasteiger partial charge < -0.3 is 15.2 Å². The minimum Gasteiger partial charge on any atom is -0.481 e. The SMILES string of the molecule is CCOC(=O)CCNCc1ccc(C(C)C(=O)O)cc1. The number of rotatable bonds is 8. The van der Waals surface area contributed by atoms with Gasteiger partial charge in [0, 0.05) is 13.1 Å². The minimum atomic E-state index is -0.828. The second-order valence-electron chi connectivity index (χ2n) is 4.53. The van der Waals surface area contributed by atoms with Gasteiger partial charge in [-0.05, 0) is 25.0 Å². The van der Waals surface area contributed by atoms with E-state index in [4.69, 9.17) is 9.84 Å². The third kappa shape index (κ3) is 5.40. The van der Waals surface area contributed by atoms with Crippen molar-refractivity contribution in [1.29, 1.82) is 0 Å². The Balaban J connectivity index is 2.35. The lowest BCUT2D eigenvalue weighted by Gasteiger charge is -2.08. The van der Waals surface area contributed by atoms with Gasteiger partial charge >= 0.3 is 11.9 Å². The smallest absolute Gasteiger partial charge is 0.310 e. The summed E-state index contributed by atoms with van der Waals surface area (Å²) in [6, 6.07) is 7.43. The predicted octanol–water partition coefficient (Wildman–Crippen LogP) is 1.92. The van der Waals surface area contributed by atoms with Crippen LogP contribution in [0.3, 0.4) is 0 Å². The fraction of sp³-hybridized carbons (Fsp3) is 0.467. The van der Waals surface area contributed by atoms with Gasteiger partial charge in [0.05, 0.1) is 18.9 Å². The summed E-state index contributed by atoms with van der Waals surface area (Å²) in [5.74, 6) is -1.53. The zero-order valence-corrected chi connectivity index (χ0v) is 11.9. The van der Waals surface area contributed by atoms with Crippen molar-refractivity contribution in [2.24, 2.45) is 0 Å². The Morgan fingerprint density at radius 2 is 1.95 bits per heavy atom. The number of nitrogens with one attached hydrogen (secondary N) is 1. The Hall–Kier alpha value is -1.88. The molecule has 0 aliphatic heterocycles. The van der Waals surface area contributed by atoms with E-state index in [1.54, 1.807) is 13.8 Å². The van der Waals surface area contributed by atoms with Crippen LogP contribution in [0.4, 0.5) is 0 Å². The lowest BCUT2D eigenvalue weighted by molar-refractivity contribution is -0.143. The second-order valence-corrected chi connectivity index (χ2v) is 4.53. The van der Waals surface area contributed by atoms with E-state index >= 15 is 0 Å². The van der Waals surface area contributed by atoms with Crippen molar-refractivity contribution in [3.63, 3.8) is 0 Å². The van der Waals surface area contributed by atoms with Crippen LogP contribution in [0.15, 0.2) is 24.3 Å². The maximum atomic E-state index is 11.1. The number of aliphatic carboxylic acids is 1. The van der Waals surface area contributed by atoms with Gasteiger partial charge in [-0.1, -0.05) is 24.3 Å². The van der Waals surface area contributed by atoms with Crippen LogP contribution in [0.1, 0.15) is 37.3 Å². The molecule has 0 aliphatic carbocycles. The summed E-state index contributed by atoms with van der Waals surface area (Å²) in [5.41, 5.74) is 1.84. The number of carbonyl (C=O) groups excluding carboxylic acids is 1. The predicted molar refractivity (Wildman–Crippen MR) is 75.4 cm³/mol. The molecule has 5 heteroatoms. The molecule has 1 atom stereocenters. The van der Waals surface area contributed by atoms with Gasteiger partial charge in [0.25, 0.3) is 0 Å². The average Bonchev–Trinajstić information content (AvgIpc) is 2.43. The van der Waals surface area contributed by atoms with Crippen molar-refractivity contribution in [3.8, 4) is 0 Å². The van der Waals surface area contributed by atoms with E-state index in [0.717, 1.165) is 11.1 Å². The summed E-state index contributed by atoms with van der Waals surface area (Å²) in [4.78, 5) is 22.0. The lowest BCUT2D eigenvalue weighted by atomic mass is 10.0. The minimum absolute atomic E-state index is 0.203. The molecule has 0 heterocycles. The summed E-state index contributed by atoms with van der Waals surface area (Å²) < 4.78 is 4.82. The van der Waals surface area contributed by atoms with Gasteiger partial charge in [-0.25, -0.2) is 0 Å². The molecule has 0 radical (unpaired) electrons. The average molecular weight is 279 g/mol. The van der Waals surface area contributed by atoms with Crippen molar-refractivity contribution in [3.05, 3.63) is 35.4 Å². The van der Waals surface area contributed by atoms with Crippen LogP contribution in [0, 0.1) is 0 Å². The molecule has 1 unspecified atom stereocenters. The molecule has 0 fully saturated rings. The molecular weight excluding hydrogens is 258 g/mol. The van der Waals surface area contributed by atoms with Crippen LogP contribution in [-0.2, 0) is 20.9 Å². The lowest BCUT2D eigenvalue weighted by Crippen LogP contribution is -2.19. The van der Waals surface area contributed by atoms with Gasteiger partial charge in [-0.3, -0.25) is 9.59 Å². The third-order valence-electron chi connectivity index (χ3n) is 2.99. The molecule has 1 aromatic carbocycles. The van der Waals surface area contributed by atoms with Crippen LogP contribution >= 0.6 is 0 Å². The zero-order chi connectivity index (χ0) is 15.0. The highest BCUT2D eigenvalue weighted by molar-refractivity contribution is 5.75. The Morgan fingerprint density at radius 3 is 2.50 bits per heavy atom. The first-order chi connectivity index (χ1) is 9.54. The van der Waals surface area contributed by atoms with E-state index in [1.165, 1.54) is 0 Å². The van der Waals surface area contributed by atoms with Crippen LogP contribution in [0.5, 0.6) is 0 Å². The first-order valence-electron chi connectivity index (χ1n) is 6.72. The zero-order valence-electron chi connectivity index (χ0n) is 11.9. The number of carbonyl (C=O) groups is 2. The second kappa shape index (κ2) is 8.32. The van der Waals surface area contributed by atoms with Crippen molar-refractivity contribution >= 4 is 11.9 Å². The quantitative estimate of drug-likeness (QED) is 0.561. The first-order valence-corrected chi connectivity index (χ1v) is 6.72. The van der Waals surface area contributed by atoms with Gasteiger partial charge in [0.2, 0.25) is 0 Å². The molecule has 0 spiro atoms.